The van der Waals surface area contributed by atoms with Crippen molar-refractivity contribution in [1.29, 1.82) is 0 Å². The molecule has 1 aromatic rings. The number of para-hydroxylation sites is 1. The lowest BCUT2D eigenvalue weighted by Crippen LogP contribution is -1.95. The van der Waals surface area contributed by atoms with E-state index in [9.17, 15) is 0 Å². The second-order valence-electron chi connectivity index (χ2n) is 2.78. The smallest absolute Gasteiger partial charge is 0.178 e. The maximum atomic E-state index is 5.08. The van der Waals surface area contributed by atoms with Gasteiger partial charge in [-0.1, -0.05) is 36.9 Å². The van der Waals surface area contributed by atoms with Crippen LogP contribution in [-0.4, -0.2) is 0 Å². The first-order valence-electron chi connectivity index (χ1n) is 4.72. The summed E-state index contributed by atoms with van der Waals surface area (Å²) in [6.45, 7) is 5.54. The molecule has 0 aliphatic rings. The van der Waals surface area contributed by atoms with Crippen LogP contribution < -0.4 is 4.89 Å². The molecule has 2 heteroatoms. The van der Waals surface area contributed by atoms with Gasteiger partial charge in [0.1, 0.15) is 0 Å². The Kier molecular flexibility index (Phi) is 4.81. The molecule has 0 aromatic heterocycles. The largest absolute Gasteiger partial charge is 0.290 e. The Morgan fingerprint density at radius 2 is 2.00 bits per heavy atom. The Labute approximate surface area is 90.1 Å². The van der Waals surface area contributed by atoms with Gasteiger partial charge in [0.2, 0.25) is 0 Å². The number of hydrogen-bond acceptors (Lipinski definition) is 2. The topological polar surface area (TPSA) is 18.5 Å². The third-order valence-corrected chi connectivity index (χ3v) is 1.63. The van der Waals surface area contributed by atoms with Gasteiger partial charge >= 0.3 is 0 Å². The molecule has 0 fully saturated rings. The SMILES string of the molecule is C=C/C(=C\C=C/C)OOc1ccccc1. The predicted octanol–water partition coefficient (Wildman–Crippen LogP) is 3.64. The molecule has 0 atom stereocenters. The molecule has 0 heterocycles. The van der Waals surface area contributed by atoms with Crippen LogP contribution in [0.15, 0.2) is 67.0 Å². The van der Waals surface area contributed by atoms with E-state index < -0.39 is 0 Å². The van der Waals surface area contributed by atoms with Gasteiger partial charge in [0.15, 0.2) is 11.5 Å². The molecule has 0 saturated heterocycles. The van der Waals surface area contributed by atoms with Crippen molar-refractivity contribution in [3.63, 3.8) is 0 Å². The van der Waals surface area contributed by atoms with E-state index in [1.165, 1.54) is 0 Å². The van der Waals surface area contributed by atoms with E-state index in [1.807, 2.05) is 49.4 Å². The lowest BCUT2D eigenvalue weighted by molar-refractivity contribution is -0.161. The molecule has 1 aromatic carbocycles. The van der Waals surface area contributed by atoms with Crippen LogP contribution in [0.25, 0.3) is 0 Å². The van der Waals surface area contributed by atoms with Crippen molar-refractivity contribution in [1.82, 2.24) is 0 Å². The lowest BCUT2D eigenvalue weighted by Gasteiger charge is -2.04. The van der Waals surface area contributed by atoms with E-state index in [1.54, 1.807) is 12.2 Å². The highest BCUT2D eigenvalue weighted by Crippen LogP contribution is 2.11. The van der Waals surface area contributed by atoms with E-state index >= 15 is 0 Å². The fourth-order valence-corrected chi connectivity index (χ4v) is 0.893. The summed E-state index contributed by atoms with van der Waals surface area (Å²) in [6.07, 6.45) is 7.11. The molecule has 0 amide bonds. The van der Waals surface area contributed by atoms with Gasteiger partial charge < -0.3 is 0 Å². The van der Waals surface area contributed by atoms with E-state index in [4.69, 9.17) is 9.78 Å². The van der Waals surface area contributed by atoms with Crippen molar-refractivity contribution in [2.24, 2.45) is 0 Å². The van der Waals surface area contributed by atoms with Gasteiger partial charge in [-0.15, -0.1) is 0 Å². The summed E-state index contributed by atoms with van der Waals surface area (Å²) in [6, 6.07) is 9.30. The minimum Gasteiger partial charge on any atom is -0.290 e. The van der Waals surface area contributed by atoms with Gasteiger partial charge in [-0.25, -0.2) is 0 Å². The lowest BCUT2D eigenvalue weighted by atomic mass is 10.3. The Morgan fingerprint density at radius 3 is 2.60 bits per heavy atom. The standard InChI is InChI=1S/C13H14O2/c1-3-5-9-12(4-2)14-15-13-10-7-6-8-11-13/h3-11H,2H2,1H3/b5-3-,12-9+. The maximum absolute atomic E-state index is 5.08. The second-order valence-corrected chi connectivity index (χ2v) is 2.78. The van der Waals surface area contributed by atoms with Crippen molar-refractivity contribution in [3.05, 3.63) is 67.0 Å². The van der Waals surface area contributed by atoms with Crippen molar-refractivity contribution >= 4 is 0 Å². The molecule has 0 N–H and O–H groups in total. The summed E-state index contributed by atoms with van der Waals surface area (Å²) in [7, 11) is 0. The van der Waals surface area contributed by atoms with Gasteiger partial charge in [0.25, 0.3) is 0 Å². The molecule has 0 spiro atoms. The van der Waals surface area contributed by atoms with Crippen LogP contribution in [0.4, 0.5) is 0 Å². The molecule has 0 unspecified atom stereocenters. The quantitative estimate of drug-likeness (QED) is 0.314. The first-order chi connectivity index (χ1) is 7.36. The Morgan fingerprint density at radius 1 is 1.27 bits per heavy atom. The highest BCUT2D eigenvalue weighted by atomic mass is 17.2. The summed E-state index contributed by atoms with van der Waals surface area (Å²) in [5.41, 5.74) is 0. The van der Waals surface area contributed by atoms with Gasteiger partial charge in [-0.2, -0.15) is 0 Å². The number of allylic oxidation sites excluding steroid dienone is 4. The molecule has 0 saturated carbocycles. The van der Waals surface area contributed by atoms with Crippen molar-refractivity contribution in [3.8, 4) is 5.75 Å². The first kappa shape index (κ1) is 11.1. The van der Waals surface area contributed by atoms with Gasteiger partial charge in [-0.3, -0.25) is 9.78 Å². The maximum Gasteiger partial charge on any atom is 0.178 e. The van der Waals surface area contributed by atoms with Crippen LogP contribution in [0.2, 0.25) is 0 Å². The van der Waals surface area contributed by atoms with Crippen LogP contribution in [-0.2, 0) is 4.89 Å². The van der Waals surface area contributed by atoms with Gasteiger partial charge in [-0.05, 0) is 31.2 Å². The van der Waals surface area contributed by atoms with Crippen molar-refractivity contribution < 1.29 is 9.78 Å². The average molecular weight is 202 g/mol. The second kappa shape index (κ2) is 6.49. The molecular weight excluding hydrogens is 188 g/mol. The van der Waals surface area contributed by atoms with E-state index in [0.29, 0.717) is 11.5 Å². The molecular formula is C13H14O2. The number of rotatable bonds is 5. The zero-order valence-electron chi connectivity index (χ0n) is 8.72. The van der Waals surface area contributed by atoms with Crippen molar-refractivity contribution in [2.75, 3.05) is 0 Å². The predicted molar refractivity (Wildman–Crippen MR) is 61.2 cm³/mol. The highest BCUT2D eigenvalue weighted by Gasteiger charge is 1.94. The van der Waals surface area contributed by atoms with Crippen molar-refractivity contribution in [2.45, 2.75) is 6.92 Å². The molecule has 0 aliphatic heterocycles. The Hall–Kier alpha value is -1.96. The summed E-state index contributed by atoms with van der Waals surface area (Å²) in [4.78, 5) is 10.2. The molecule has 15 heavy (non-hydrogen) atoms. The fraction of sp³-hybridized carbons (Fsp3) is 0.0769. The summed E-state index contributed by atoms with van der Waals surface area (Å²) in [5.74, 6) is 1.22. The van der Waals surface area contributed by atoms with Gasteiger partial charge in [0, 0.05) is 0 Å². The van der Waals surface area contributed by atoms with Crippen LogP contribution in [0.3, 0.4) is 0 Å². The van der Waals surface area contributed by atoms with E-state index in [2.05, 4.69) is 6.58 Å². The first-order valence-corrected chi connectivity index (χ1v) is 4.72. The molecule has 78 valence electrons. The van der Waals surface area contributed by atoms with E-state index in [-0.39, 0.29) is 0 Å². The summed E-state index contributed by atoms with van der Waals surface area (Å²) in [5, 5.41) is 0. The minimum absolute atomic E-state index is 0.567. The van der Waals surface area contributed by atoms with E-state index in [0.717, 1.165) is 0 Å². The monoisotopic (exact) mass is 202 g/mol. The minimum atomic E-state index is 0.567. The zero-order valence-corrected chi connectivity index (χ0v) is 8.72. The Bertz CT molecular complexity index is 350. The zero-order chi connectivity index (χ0) is 10.9. The van der Waals surface area contributed by atoms with Crippen LogP contribution in [0.1, 0.15) is 6.92 Å². The Balaban J connectivity index is 2.52. The fourth-order valence-electron chi connectivity index (χ4n) is 0.893. The third-order valence-electron chi connectivity index (χ3n) is 1.63. The van der Waals surface area contributed by atoms with Crippen LogP contribution >= 0.6 is 0 Å². The van der Waals surface area contributed by atoms with Crippen LogP contribution in [0, 0.1) is 0 Å². The average Bonchev–Trinajstić information content (AvgIpc) is 2.31. The molecule has 0 radical (unpaired) electrons. The molecule has 1 rings (SSSR count). The van der Waals surface area contributed by atoms with Crippen LogP contribution in [0.5, 0.6) is 5.75 Å². The molecule has 0 bridgehead atoms. The third kappa shape index (κ3) is 4.18. The molecule has 0 aliphatic carbocycles. The number of benzene rings is 1. The molecule has 2 nitrogen and oxygen atoms in total. The normalized spacial score (nSPS) is 11.4. The highest BCUT2D eigenvalue weighted by molar-refractivity contribution is 5.21. The summed E-state index contributed by atoms with van der Waals surface area (Å²) < 4.78 is 0. The number of hydrogen-bond donors (Lipinski definition) is 0. The summed E-state index contributed by atoms with van der Waals surface area (Å²) >= 11 is 0. The van der Waals surface area contributed by atoms with Gasteiger partial charge in [0.05, 0.1) is 0 Å².